The highest BCUT2D eigenvalue weighted by atomic mass is 35.5. The lowest BCUT2D eigenvalue weighted by Crippen LogP contribution is -2.47. The number of nitrogens with one attached hydrogen (secondary N) is 2. The minimum absolute atomic E-state index is 0.0643. The van der Waals surface area contributed by atoms with Crippen LogP contribution in [0.2, 0.25) is 10.0 Å². The summed E-state index contributed by atoms with van der Waals surface area (Å²) in [5, 5.41) is 7.13. The van der Waals surface area contributed by atoms with Gasteiger partial charge >= 0.3 is 0 Å². The predicted octanol–water partition coefficient (Wildman–Crippen LogP) is 2.36. The van der Waals surface area contributed by atoms with Crippen LogP contribution in [0.15, 0.2) is 18.2 Å². The SMILES string of the molecule is O=C1NCCCC1NCc1cccc(Cl)c1Cl. The van der Waals surface area contributed by atoms with E-state index in [4.69, 9.17) is 23.2 Å². The molecule has 1 aromatic carbocycles. The van der Waals surface area contributed by atoms with Crippen molar-refractivity contribution in [2.45, 2.75) is 25.4 Å². The van der Waals surface area contributed by atoms with Crippen molar-refractivity contribution >= 4 is 29.1 Å². The van der Waals surface area contributed by atoms with Crippen LogP contribution in [-0.2, 0) is 11.3 Å². The molecule has 2 N–H and O–H groups in total. The van der Waals surface area contributed by atoms with E-state index >= 15 is 0 Å². The number of hydrogen-bond donors (Lipinski definition) is 2. The summed E-state index contributed by atoms with van der Waals surface area (Å²) in [5.74, 6) is 0.0643. The fourth-order valence-corrected chi connectivity index (χ4v) is 2.27. The molecule has 0 bridgehead atoms. The van der Waals surface area contributed by atoms with Crippen LogP contribution in [0.3, 0.4) is 0 Å². The van der Waals surface area contributed by atoms with Crippen molar-refractivity contribution in [3.8, 4) is 0 Å². The van der Waals surface area contributed by atoms with E-state index in [2.05, 4.69) is 10.6 Å². The molecule has 1 unspecified atom stereocenters. The van der Waals surface area contributed by atoms with Gasteiger partial charge in [-0.1, -0.05) is 35.3 Å². The fraction of sp³-hybridized carbons (Fsp3) is 0.417. The summed E-state index contributed by atoms with van der Waals surface area (Å²) in [7, 11) is 0. The predicted molar refractivity (Wildman–Crippen MR) is 69.3 cm³/mol. The summed E-state index contributed by atoms with van der Waals surface area (Å²) in [6.07, 6.45) is 1.87. The minimum atomic E-state index is -0.126. The highest BCUT2D eigenvalue weighted by molar-refractivity contribution is 6.42. The van der Waals surface area contributed by atoms with Gasteiger partial charge in [-0.25, -0.2) is 0 Å². The molecule has 1 aliphatic rings. The van der Waals surface area contributed by atoms with Crippen LogP contribution < -0.4 is 10.6 Å². The summed E-state index contributed by atoms with van der Waals surface area (Å²) in [4.78, 5) is 11.5. The smallest absolute Gasteiger partial charge is 0.237 e. The molecule has 1 aromatic rings. The first kappa shape index (κ1) is 12.7. The Bertz CT molecular complexity index is 423. The second-order valence-corrected chi connectivity index (χ2v) is 4.86. The van der Waals surface area contributed by atoms with E-state index in [1.807, 2.05) is 12.1 Å². The maximum atomic E-state index is 11.5. The maximum absolute atomic E-state index is 11.5. The number of carbonyl (C=O) groups excluding carboxylic acids is 1. The summed E-state index contributed by atoms with van der Waals surface area (Å²) in [5.41, 5.74) is 0.914. The summed E-state index contributed by atoms with van der Waals surface area (Å²) < 4.78 is 0. The minimum Gasteiger partial charge on any atom is -0.355 e. The van der Waals surface area contributed by atoms with Crippen molar-refractivity contribution in [1.82, 2.24) is 10.6 Å². The molecule has 1 atom stereocenters. The second kappa shape index (κ2) is 5.71. The third kappa shape index (κ3) is 3.12. The quantitative estimate of drug-likeness (QED) is 0.887. The third-order valence-electron chi connectivity index (χ3n) is 2.86. The molecule has 1 saturated heterocycles. The summed E-state index contributed by atoms with van der Waals surface area (Å²) >= 11 is 12.0. The van der Waals surface area contributed by atoms with Gasteiger partial charge in [0.1, 0.15) is 0 Å². The van der Waals surface area contributed by atoms with Crippen LogP contribution in [-0.4, -0.2) is 18.5 Å². The molecule has 2 rings (SSSR count). The van der Waals surface area contributed by atoms with E-state index in [0.29, 0.717) is 16.6 Å². The number of piperidine rings is 1. The standard InChI is InChI=1S/C12H14Cl2N2O/c13-9-4-1-3-8(11(9)14)7-16-10-5-2-6-15-12(10)17/h1,3-4,10,16H,2,5-7H2,(H,15,17). The molecule has 1 fully saturated rings. The van der Waals surface area contributed by atoms with E-state index in [9.17, 15) is 4.79 Å². The molecule has 0 saturated carbocycles. The van der Waals surface area contributed by atoms with Gasteiger partial charge in [0, 0.05) is 13.1 Å². The van der Waals surface area contributed by atoms with Crippen molar-refractivity contribution in [3.05, 3.63) is 33.8 Å². The van der Waals surface area contributed by atoms with Gasteiger partial charge in [0.05, 0.1) is 16.1 Å². The lowest BCUT2D eigenvalue weighted by molar-refractivity contribution is -0.124. The lowest BCUT2D eigenvalue weighted by atomic mass is 10.1. The molecular formula is C12H14Cl2N2O. The number of benzene rings is 1. The molecule has 0 aliphatic carbocycles. The average Bonchev–Trinajstić information content (AvgIpc) is 2.33. The van der Waals surface area contributed by atoms with Gasteiger partial charge in [-0.2, -0.15) is 0 Å². The molecule has 92 valence electrons. The zero-order valence-corrected chi connectivity index (χ0v) is 10.8. The van der Waals surface area contributed by atoms with Gasteiger partial charge in [0.15, 0.2) is 0 Å². The molecule has 3 nitrogen and oxygen atoms in total. The number of halogens is 2. The molecule has 0 aromatic heterocycles. The molecule has 1 aliphatic heterocycles. The Hall–Kier alpha value is -0.770. The summed E-state index contributed by atoms with van der Waals surface area (Å²) in [6.45, 7) is 1.33. The van der Waals surface area contributed by atoms with Crippen LogP contribution in [0, 0.1) is 0 Å². The van der Waals surface area contributed by atoms with Gasteiger partial charge < -0.3 is 10.6 Å². The molecule has 5 heteroatoms. The zero-order chi connectivity index (χ0) is 12.3. The van der Waals surface area contributed by atoms with Crippen molar-refractivity contribution in [2.75, 3.05) is 6.54 Å². The fourth-order valence-electron chi connectivity index (χ4n) is 1.88. The highest BCUT2D eigenvalue weighted by Crippen LogP contribution is 2.25. The van der Waals surface area contributed by atoms with Crippen LogP contribution in [0.5, 0.6) is 0 Å². The Balaban J connectivity index is 1.97. The Kier molecular flexibility index (Phi) is 4.26. The number of hydrogen-bond acceptors (Lipinski definition) is 2. The number of amides is 1. The molecule has 1 amide bonds. The third-order valence-corrected chi connectivity index (χ3v) is 3.71. The normalized spacial score (nSPS) is 20.1. The largest absolute Gasteiger partial charge is 0.355 e. The first-order valence-corrected chi connectivity index (χ1v) is 6.38. The van der Waals surface area contributed by atoms with Crippen molar-refractivity contribution in [3.63, 3.8) is 0 Å². The Morgan fingerprint density at radius 2 is 2.24 bits per heavy atom. The van der Waals surface area contributed by atoms with Crippen molar-refractivity contribution in [1.29, 1.82) is 0 Å². The van der Waals surface area contributed by atoms with Gasteiger partial charge in [-0.15, -0.1) is 0 Å². The van der Waals surface area contributed by atoms with Crippen molar-refractivity contribution < 1.29 is 4.79 Å². The van der Waals surface area contributed by atoms with Crippen LogP contribution >= 0.6 is 23.2 Å². The molecular weight excluding hydrogens is 259 g/mol. The van der Waals surface area contributed by atoms with E-state index in [1.54, 1.807) is 6.07 Å². The van der Waals surface area contributed by atoms with Crippen LogP contribution in [0.25, 0.3) is 0 Å². The molecule has 0 spiro atoms. The van der Waals surface area contributed by atoms with E-state index in [0.717, 1.165) is 24.9 Å². The van der Waals surface area contributed by atoms with Gasteiger partial charge in [-0.3, -0.25) is 4.79 Å². The topological polar surface area (TPSA) is 41.1 Å². The first-order chi connectivity index (χ1) is 8.18. The lowest BCUT2D eigenvalue weighted by Gasteiger charge is -2.23. The number of carbonyl (C=O) groups is 1. The summed E-state index contributed by atoms with van der Waals surface area (Å²) in [6, 6.07) is 5.38. The van der Waals surface area contributed by atoms with Gasteiger partial charge in [-0.05, 0) is 24.5 Å². The van der Waals surface area contributed by atoms with E-state index < -0.39 is 0 Å². The highest BCUT2D eigenvalue weighted by Gasteiger charge is 2.21. The molecule has 1 heterocycles. The Morgan fingerprint density at radius 3 is 3.00 bits per heavy atom. The average molecular weight is 273 g/mol. The van der Waals surface area contributed by atoms with E-state index in [1.165, 1.54) is 0 Å². The zero-order valence-electron chi connectivity index (χ0n) is 9.30. The van der Waals surface area contributed by atoms with Crippen LogP contribution in [0.4, 0.5) is 0 Å². The number of rotatable bonds is 3. The Labute approximate surface area is 110 Å². The van der Waals surface area contributed by atoms with Gasteiger partial charge in [0.25, 0.3) is 0 Å². The van der Waals surface area contributed by atoms with E-state index in [-0.39, 0.29) is 11.9 Å². The second-order valence-electron chi connectivity index (χ2n) is 4.08. The Morgan fingerprint density at radius 1 is 1.41 bits per heavy atom. The van der Waals surface area contributed by atoms with Crippen LogP contribution in [0.1, 0.15) is 18.4 Å². The molecule has 0 radical (unpaired) electrons. The maximum Gasteiger partial charge on any atom is 0.237 e. The molecule has 17 heavy (non-hydrogen) atoms. The van der Waals surface area contributed by atoms with Gasteiger partial charge in [0.2, 0.25) is 5.91 Å². The van der Waals surface area contributed by atoms with Crippen molar-refractivity contribution in [2.24, 2.45) is 0 Å². The monoisotopic (exact) mass is 272 g/mol. The first-order valence-electron chi connectivity index (χ1n) is 5.62.